The molecule has 0 saturated heterocycles. The van der Waals surface area contributed by atoms with Crippen molar-refractivity contribution in [2.24, 2.45) is 0 Å². The van der Waals surface area contributed by atoms with Crippen molar-refractivity contribution in [3.8, 4) is 0 Å². The van der Waals surface area contributed by atoms with Crippen LogP contribution in [0.15, 0.2) is 66.9 Å². The molecule has 0 amide bonds. The molecule has 1 aromatic carbocycles. The van der Waals surface area contributed by atoms with Crippen LogP contribution in [0.25, 0.3) is 12.2 Å². The number of nitrogens with zero attached hydrogens (tertiary/aromatic N) is 1. The van der Waals surface area contributed by atoms with Gasteiger partial charge < -0.3 is 0 Å². The van der Waals surface area contributed by atoms with Gasteiger partial charge in [-0.15, -0.1) is 0 Å². The first kappa shape index (κ1) is 10.4. The van der Waals surface area contributed by atoms with Crippen molar-refractivity contribution < 1.29 is 0 Å². The molecular weight excluding hydrogens is 194 g/mol. The molecule has 0 aliphatic heterocycles. The van der Waals surface area contributed by atoms with E-state index in [2.05, 4.69) is 23.2 Å². The lowest BCUT2D eigenvalue weighted by Gasteiger charge is -1.89. The van der Waals surface area contributed by atoms with Crippen LogP contribution < -0.4 is 0 Å². The summed E-state index contributed by atoms with van der Waals surface area (Å²) < 4.78 is 0. The van der Waals surface area contributed by atoms with Gasteiger partial charge in [-0.25, -0.2) is 0 Å². The Morgan fingerprint density at radius 3 is 2.25 bits per heavy atom. The minimum atomic E-state index is 0.972. The molecule has 0 bridgehead atoms. The molecule has 0 aliphatic carbocycles. The molecule has 0 aliphatic rings. The number of allylic oxidation sites excluding steroid dienone is 2. The zero-order valence-corrected chi connectivity index (χ0v) is 8.95. The predicted octanol–water partition coefficient (Wildman–Crippen LogP) is 3.81. The van der Waals surface area contributed by atoms with Gasteiger partial charge in [0.2, 0.25) is 0 Å². The van der Waals surface area contributed by atoms with Crippen molar-refractivity contribution >= 4 is 12.2 Å². The molecule has 0 N–H and O–H groups in total. The third-order valence-corrected chi connectivity index (χ3v) is 2.15. The van der Waals surface area contributed by atoms with Crippen LogP contribution in [0.4, 0.5) is 0 Å². The second kappa shape index (κ2) is 5.66. The molecule has 2 rings (SSSR count). The van der Waals surface area contributed by atoms with Crippen LogP contribution in [0.5, 0.6) is 0 Å². The largest absolute Gasteiger partial charge is 0.257 e. The van der Waals surface area contributed by atoms with E-state index in [0.717, 1.165) is 5.69 Å². The van der Waals surface area contributed by atoms with Crippen molar-refractivity contribution in [2.75, 3.05) is 0 Å². The van der Waals surface area contributed by atoms with E-state index >= 15 is 0 Å². The Kier molecular flexibility index (Phi) is 3.67. The number of aromatic nitrogens is 1. The first-order valence-electron chi connectivity index (χ1n) is 5.26. The molecule has 1 nitrogen and oxygen atoms in total. The Morgan fingerprint density at radius 1 is 0.750 bits per heavy atom. The summed E-state index contributed by atoms with van der Waals surface area (Å²) in [6, 6.07) is 16.1. The lowest BCUT2D eigenvalue weighted by atomic mass is 10.2. The molecule has 0 radical (unpaired) electrons. The summed E-state index contributed by atoms with van der Waals surface area (Å²) in [6.45, 7) is 0. The topological polar surface area (TPSA) is 12.9 Å². The summed E-state index contributed by atoms with van der Waals surface area (Å²) in [7, 11) is 0. The van der Waals surface area contributed by atoms with Crippen molar-refractivity contribution in [3.63, 3.8) is 0 Å². The second-order valence-electron chi connectivity index (χ2n) is 3.38. The maximum atomic E-state index is 4.20. The molecule has 78 valence electrons. The van der Waals surface area contributed by atoms with Crippen LogP contribution in [-0.4, -0.2) is 4.98 Å². The molecule has 0 saturated carbocycles. The maximum Gasteiger partial charge on any atom is 0.0629 e. The molecule has 0 atom stereocenters. The molecule has 1 heteroatoms. The maximum absolute atomic E-state index is 4.20. The zero-order valence-electron chi connectivity index (χ0n) is 8.95. The van der Waals surface area contributed by atoms with Crippen molar-refractivity contribution in [1.82, 2.24) is 4.98 Å². The number of rotatable bonds is 3. The van der Waals surface area contributed by atoms with Gasteiger partial charge in [-0.05, 0) is 23.8 Å². The Labute approximate surface area is 95.8 Å². The molecule has 1 heterocycles. The fourth-order valence-corrected chi connectivity index (χ4v) is 1.36. The van der Waals surface area contributed by atoms with E-state index in [9.17, 15) is 0 Å². The minimum absolute atomic E-state index is 0.972. The summed E-state index contributed by atoms with van der Waals surface area (Å²) in [6.07, 6.45) is 9.86. The highest BCUT2D eigenvalue weighted by Crippen LogP contribution is 2.02. The highest BCUT2D eigenvalue weighted by atomic mass is 14.6. The van der Waals surface area contributed by atoms with Gasteiger partial charge in [-0.2, -0.15) is 0 Å². The van der Waals surface area contributed by atoms with E-state index in [4.69, 9.17) is 0 Å². The minimum Gasteiger partial charge on any atom is -0.257 e. The molecule has 2 aromatic rings. The lowest BCUT2D eigenvalue weighted by Crippen LogP contribution is -1.75. The van der Waals surface area contributed by atoms with E-state index in [1.54, 1.807) is 6.20 Å². The quantitative estimate of drug-likeness (QED) is 0.697. The van der Waals surface area contributed by atoms with Crippen molar-refractivity contribution in [2.45, 2.75) is 0 Å². The van der Waals surface area contributed by atoms with Crippen molar-refractivity contribution in [1.29, 1.82) is 0 Å². The van der Waals surface area contributed by atoms with Gasteiger partial charge in [-0.3, -0.25) is 4.98 Å². The fraction of sp³-hybridized carbons (Fsp3) is 0. The van der Waals surface area contributed by atoms with Crippen LogP contribution in [0.3, 0.4) is 0 Å². The van der Waals surface area contributed by atoms with Gasteiger partial charge in [0.1, 0.15) is 0 Å². The average molecular weight is 207 g/mol. The smallest absolute Gasteiger partial charge is 0.0629 e. The van der Waals surface area contributed by atoms with Crippen LogP contribution in [0.2, 0.25) is 0 Å². The molecular formula is C15H13N. The Balaban J connectivity index is 1.98. The third kappa shape index (κ3) is 3.21. The van der Waals surface area contributed by atoms with Gasteiger partial charge in [0.25, 0.3) is 0 Å². The standard InChI is InChI=1S/C15H13N/c1-2-8-14(9-3-1)10-4-5-11-15-12-6-7-13-16-15/h1-13H/b10-4-,11-5-. The normalized spacial score (nSPS) is 11.2. The summed E-state index contributed by atoms with van der Waals surface area (Å²) >= 11 is 0. The molecule has 0 unspecified atom stereocenters. The van der Waals surface area contributed by atoms with E-state index in [0.29, 0.717) is 0 Å². The van der Waals surface area contributed by atoms with Crippen LogP contribution in [-0.2, 0) is 0 Å². The number of benzene rings is 1. The molecule has 16 heavy (non-hydrogen) atoms. The van der Waals surface area contributed by atoms with Gasteiger partial charge in [0, 0.05) is 6.20 Å². The van der Waals surface area contributed by atoms with E-state index < -0.39 is 0 Å². The second-order valence-corrected chi connectivity index (χ2v) is 3.38. The van der Waals surface area contributed by atoms with Crippen LogP contribution in [0, 0.1) is 0 Å². The average Bonchev–Trinajstić information content (AvgIpc) is 2.37. The highest BCUT2D eigenvalue weighted by molar-refractivity contribution is 5.55. The van der Waals surface area contributed by atoms with Crippen LogP contribution >= 0.6 is 0 Å². The molecule has 0 spiro atoms. The SMILES string of the molecule is C(/C=C\c1ccccn1)=C/c1ccccc1. The zero-order chi connectivity index (χ0) is 11.1. The fourth-order valence-electron chi connectivity index (χ4n) is 1.36. The highest BCUT2D eigenvalue weighted by Gasteiger charge is 1.82. The summed E-state index contributed by atoms with van der Waals surface area (Å²) in [4.78, 5) is 4.20. The molecule has 0 fully saturated rings. The summed E-state index contributed by atoms with van der Waals surface area (Å²) in [5, 5.41) is 0. The van der Waals surface area contributed by atoms with Crippen LogP contribution in [0.1, 0.15) is 11.3 Å². The first-order valence-corrected chi connectivity index (χ1v) is 5.26. The first-order chi connectivity index (χ1) is 7.95. The number of hydrogen-bond acceptors (Lipinski definition) is 1. The van der Waals surface area contributed by atoms with Gasteiger partial charge in [-0.1, -0.05) is 54.6 Å². The Morgan fingerprint density at radius 2 is 1.50 bits per heavy atom. The van der Waals surface area contributed by atoms with E-state index in [1.165, 1.54) is 5.56 Å². The van der Waals surface area contributed by atoms with Gasteiger partial charge in [0.15, 0.2) is 0 Å². The lowest BCUT2D eigenvalue weighted by molar-refractivity contribution is 1.30. The Hall–Kier alpha value is -2.15. The van der Waals surface area contributed by atoms with Gasteiger partial charge >= 0.3 is 0 Å². The van der Waals surface area contributed by atoms with E-state index in [1.807, 2.05) is 54.6 Å². The summed E-state index contributed by atoms with van der Waals surface area (Å²) in [5.41, 5.74) is 2.17. The van der Waals surface area contributed by atoms with E-state index in [-0.39, 0.29) is 0 Å². The van der Waals surface area contributed by atoms with Crippen molar-refractivity contribution in [3.05, 3.63) is 78.1 Å². The number of hydrogen-bond donors (Lipinski definition) is 0. The number of pyridine rings is 1. The third-order valence-electron chi connectivity index (χ3n) is 2.15. The summed E-state index contributed by atoms with van der Waals surface area (Å²) in [5.74, 6) is 0. The molecule has 1 aromatic heterocycles. The predicted molar refractivity (Wildman–Crippen MR) is 68.7 cm³/mol. The monoisotopic (exact) mass is 207 g/mol. The van der Waals surface area contributed by atoms with Gasteiger partial charge in [0.05, 0.1) is 5.69 Å². The Bertz CT molecular complexity index is 422.